The molecule has 1 amide bonds. The quantitative estimate of drug-likeness (QED) is 0.757. The molecule has 2 aromatic rings. The average molecular weight is 421 g/mol. The summed E-state index contributed by atoms with van der Waals surface area (Å²) >= 11 is 0. The molecule has 0 saturated heterocycles. The standard InChI is InChI=1S/C25H32N4O2/c1-14(2)19-12-28-20(13-27-19)21(30)29-22-24(5,6)23(25(22,7)8)31-17-9-15(3)18(11-26)16(4)10-17/h9-10,12-14,22-23H,1-8H3,(H,29,30). The third-order valence-electron chi connectivity index (χ3n) is 6.48. The molecule has 0 aliphatic heterocycles. The van der Waals surface area contributed by atoms with E-state index in [1.807, 2.05) is 39.8 Å². The van der Waals surface area contributed by atoms with E-state index in [-0.39, 0.29) is 34.8 Å². The van der Waals surface area contributed by atoms with Crippen LogP contribution in [0.25, 0.3) is 0 Å². The molecule has 0 unspecified atom stereocenters. The molecule has 1 aliphatic carbocycles. The molecule has 31 heavy (non-hydrogen) atoms. The van der Waals surface area contributed by atoms with Gasteiger partial charge in [-0.15, -0.1) is 0 Å². The van der Waals surface area contributed by atoms with Crippen LogP contribution in [0, 0.1) is 36.0 Å². The van der Waals surface area contributed by atoms with Gasteiger partial charge in [-0.2, -0.15) is 5.26 Å². The summed E-state index contributed by atoms with van der Waals surface area (Å²) < 4.78 is 6.41. The van der Waals surface area contributed by atoms with Gasteiger partial charge in [0.25, 0.3) is 5.91 Å². The van der Waals surface area contributed by atoms with Gasteiger partial charge in [-0.05, 0) is 43.0 Å². The smallest absolute Gasteiger partial charge is 0.271 e. The molecular formula is C25H32N4O2. The summed E-state index contributed by atoms with van der Waals surface area (Å²) in [5.74, 6) is 0.791. The van der Waals surface area contributed by atoms with E-state index < -0.39 is 0 Å². The van der Waals surface area contributed by atoms with Crippen molar-refractivity contribution in [1.29, 1.82) is 5.26 Å². The zero-order valence-corrected chi connectivity index (χ0v) is 19.7. The van der Waals surface area contributed by atoms with Crippen molar-refractivity contribution < 1.29 is 9.53 Å². The number of hydrogen-bond donors (Lipinski definition) is 1. The van der Waals surface area contributed by atoms with Gasteiger partial charge in [0.2, 0.25) is 0 Å². The Morgan fingerprint density at radius 3 is 2.13 bits per heavy atom. The number of benzene rings is 1. The maximum atomic E-state index is 12.8. The summed E-state index contributed by atoms with van der Waals surface area (Å²) in [6.07, 6.45) is 3.10. The zero-order valence-electron chi connectivity index (χ0n) is 19.7. The number of amides is 1. The van der Waals surface area contributed by atoms with Gasteiger partial charge >= 0.3 is 0 Å². The van der Waals surface area contributed by atoms with E-state index in [9.17, 15) is 10.1 Å². The van der Waals surface area contributed by atoms with E-state index in [1.165, 1.54) is 0 Å². The van der Waals surface area contributed by atoms with Gasteiger partial charge in [0.15, 0.2) is 0 Å². The van der Waals surface area contributed by atoms with Gasteiger partial charge in [0.05, 0.1) is 23.5 Å². The molecule has 0 atom stereocenters. The number of nitrogens with one attached hydrogen (secondary N) is 1. The van der Waals surface area contributed by atoms with Crippen LogP contribution in [0.4, 0.5) is 0 Å². The predicted molar refractivity (Wildman–Crippen MR) is 120 cm³/mol. The summed E-state index contributed by atoms with van der Waals surface area (Å²) in [6.45, 7) is 16.3. The predicted octanol–water partition coefficient (Wildman–Crippen LogP) is 4.70. The van der Waals surface area contributed by atoms with Crippen LogP contribution >= 0.6 is 0 Å². The molecule has 0 radical (unpaired) electrons. The molecule has 1 aromatic heterocycles. The average Bonchev–Trinajstić information content (AvgIpc) is 2.69. The molecule has 1 saturated carbocycles. The van der Waals surface area contributed by atoms with E-state index in [2.05, 4.69) is 49.0 Å². The second-order valence-corrected chi connectivity index (χ2v) is 10.1. The number of nitriles is 1. The molecule has 6 heteroatoms. The Labute approximate surface area is 185 Å². The molecule has 1 heterocycles. The highest BCUT2D eigenvalue weighted by molar-refractivity contribution is 5.92. The summed E-state index contributed by atoms with van der Waals surface area (Å²) in [5, 5.41) is 12.5. The Kier molecular flexibility index (Phi) is 5.84. The Hall–Kier alpha value is -2.94. The highest BCUT2D eigenvalue weighted by Crippen LogP contribution is 2.55. The molecule has 6 nitrogen and oxygen atoms in total. The Balaban J connectivity index is 1.77. The molecule has 1 N–H and O–H groups in total. The SMILES string of the molecule is Cc1cc(OC2C(C)(C)C(NC(=O)c3cnc(C(C)C)cn3)C2(C)C)cc(C)c1C#N. The molecule has 0 bridgehead atoms. The van der Waals surface area contributed by atoms with Crippen LogP contribution in [0.1, 0.15) is 80.3 Å². The lowest BCUT2D eigenvalue weighted by Gasteiger charge is -2.63. The van der Waals surface area contributed by atoms with Crippen molar-refractivity contribution in [2.24, 2.45) is 10.8 Å². The van der Waals surface area contributed by atoms with Crippen molar-refractivity contribution in [3.8, 4) is 11.8 Å². The number of aryl methyl sites for hydroxylation is 2. The first-order valence-corrected chi connectivity index (χ1v) is 10.7. The first kappa shape index (κ1) is 22.7. The van der Waals surface area contributed by atoms with Crippen molar-refractivity contribution >= 4 is 5.91 Å². The highest BCUT2D eigenvalue weighted by Gasteiger charge is 2.64. The number of aromatic nitrogens is 2. The molecule has 1 aromatic carbocycles. The van der Waals surface area contributed by atoms with Crippen LogP contribution in [0.2, 0.25) is 0 Å². The second-order valence-electron chi connectivity index (χ2n) is 10.1. The van der Waals surface area contributed by atoms with Gasteiger partial charge in [0, 0.05) is 23.1 Å². The van der Waals surface area contributed by atoms with E-state index in [4.69, 9.17) is 4.74 Å². The van der Waals surface area contributed by atoms with Crippen molar-refractivity contribution in [3.05, 3.63) is 52.6 Å². The second kappa shape index (κ2) is 7.96. The fourth-order valence-corrected chi connectivity index (χ4v) is 5.06. The van der Waals surface area contributed by atoms with Crippen LogP contribution in [-0.2, 0) is 0 Å². The summed E-state index contributed by atoms with van der Waals surface area (Å²) in [6, 6.07) is 5.98. The maximum absolute atomic E-state index is 12.8. The van der Waals surface area contributed by atoms with E-state index in [0.717, 1.165) is 22.6 Å². The number of nitrogens with zero attached hydrogens (tertiary/aromatic N) is 3. The molecule has 1 fully saturated rings. The van der Waals surface area contributed by atoms with Gasteiger partial charge in [-0.25, -0.2) is 4.98 Å². The Morgan fingerprint density at radius 2 is 1.68 bits per heavy atom. The van der Waals surface area contributed by atoms with E-state index >= 15 is 0 Å². The summed E-state index contributed by atoms with van der Waals surface area (Å²) in [4.78, 5) is 21.5. The maximum Gasteiger partial charge on any atom is 0.271 e. The van der Waals surface area contributed by atoms with Crippen LogP contribution < -0.4 is 10.1 Å². The molecule has 0 spiro atoms. The van der Waals surface area contributed by atoms with E-state index in [0.29, 0.717) is 11.3 Å². The minimum Gasteiger partial charge on any atom is -0.489 e. The minimum atomic E-state index is -0.291. The van der Waals surface area contributed by atoms with Crippen LogP contribution in [0.5, 0.6) is 5.75 Å². The minimum absolute atomic E-state index is 0.0929. The largest absolute Gasteiger partial charge is 0.489 e. The van der Waals surface area contributed by atoms with Crippen molar-refractivity contribution in [2.75, 3.05) is 0 Å². The molecule has 164 valence electrons. The number of hydrogen-bond acceptors (Lipinski definition) is 5. The molecule has 1 aliphatic rings. The third kappa shape index (κ3) is 4.01. The monoisotopic (exact) mass is 420 g/mol. The number of ether oxygens (including phenoxy) is 1. The van der Waals surface area contributed by atoms with Gasteiger partial charge < -0.3 is 10.1 Å². The van der Waals surface area contributed by atoms with Gasteiger partial charge in [-0.3, -0.25) is 9.78 Å². The highest BCUT2D eigenvalue weighted by atomic mass is 16.5. The van der Waals surface area contributed by atoms with Crippen LogP contribution in [-0.4, -0.2) is 28.0 Å². The molecule has 3 rings (SSSR count). The first-order valence-electron chi connectivity index (χ1n) is 10.7. The summed E-state index contributed by atoms with van der Waals surface area (Å²) in [5.41, 5.74) is 3.09. The van der Waals surface area contributed by atoms with Crippen molar-refractivity contribution in [1.82, 2.24) is 15.3 Å². The normalized spacial score (nSPS) is 21.2. The Morgan fingerprint density at radius 1 is 1.10 bits per heavy atom. The molecular weight excluding hydrogens is 388 g/mol. The van der Waals surface area contributed by atoms with Gasteiger partial charge in [0.1, 0.15) is 17.5 Å². The van der Waals surface area contributed by atoms with Gasteiger partial charge in [-0.1, -0.05) is 41.5 Å². The number of carbonyl (C=O) groups excluding carboxylic acids is 1. The lowest BCUT2D eigenvalue weighted by Crippen LogP contribution is -2.74. The van der Waals surface area contributed by atoms with Crippen molar-refractivity contribution in [3.63, 3.8) is 0 Å². The first-order chi connectivity index (χ1) is 14.4. The Bertz CT molecular complexity index is 993. The van der Waals surface area contributed by atoms with E-state index in [1.54, 1.807) is 12.4 Å². The third-order valence-corrected chi connectivity index (χ3v) is 6.48. The number of rotatable bonds is 5. The fourth-order valence-electron chi connectivity index (χ4n) is 5.06. The fraction of sp³-hybridized carbons (Fsp3) is 0.520. The zero-order chi connectivity index (χ0) is 23.1. The lowest BCUT2D eigenvalue weighted by molar-refractivity contribution is -0.164. The van der Waals surface area contributed by atoms with Crippen molar-refractivity contribution in [2.45, 2.75) is 73.5 Å². The van der Waals surface area contributed by atoms with Crippen LogP contribution in [0.15, 0.2) is 24.5 Å². The topological polar surface area (TPSA) is 87.9 Å². The number of carbonyl (C=O) groups is 1. The summed E-state index contributed by atoms with van der Waals surface area (Å²) in [7, 11) is 0. The van der Waals surface area contributed by atoms with Crippen LogP contribution in [0.3, 0.4) is 0 Å². The lowest BCUT2D eigenvalue weighted by atomic mass is 9.49.